The highest BCUT2D eigenvalue weighted by atomic mass is 35.5. The van der Waals surface area contributed by atoms with Crippen LogP contribution in [0, 0.1) is 6.92 Å². The standard InChI is InChI=1S/C15H19N5O.ClH/c1-11-4-2-5-12(8-11)20-10-14(17-18-20)15(21)19-7-3-6-13(19)9-16;/h2,4-5,8,10,13H,3,6-7,9,16H2,1H3;1H. The SMILES string of the molecule is Cc1cccc(-n2cc(C(=O)N3CCCC3CN)nn2)c1.Cl. The molecule has 7 heteroatoms. The zero-order chi connectivity index (χ0) is 14.8. The molecular weight excluding hydrogens is 302 g/mol. The highest BCUT2D eigenvalue weighted by Gasteiger charge is 2.29. The van der Waals surface area contributed by atoms with Gasteiger partial charge in [0.25, 0.3) is 5.91 Å². The molecule has 1 aromatic carbocycles. The average Bonchev–Trinajstić information content (AvgIpc) is 3.15. The smallest absolute Gasteiger partial charge is 0.276 e. The molecule has 0 bridgehead atoms. The summed E-state index contributed by atoms with van der Waals surface area (Å²) in [5.41, 5.74) is 8.13. The van der Waals surface area contributed by atoms with Crippen molar-refractivity contribution < 1.29 is 4.79 Å². The predicted molar refractivity (Wildman–Crippen MR) is 86.5 cm³/mol. The number of likely N-dealkylation sites (tertiary alicyclic amines) is 1. The van der Waals surface area contributed by atoms with Crippen molar-refractivity contribution in [2.45, 2.75) is 25.8 Å². The molecule has 0 saturated carbocycles. The number of hydrogen-bond acceptors (Lipinski definition) is 4. The Labute approximate surface area is 135 Å². The maximum atomic E-state index is 12.5. The predicted octanol–water partition coefficient (Wildman–Crippen LogP) is 1.56. The van der Waals surface area contributed by atoms with Crippen molar-refractivity contribution in [2.24, 2.45) is 5.73 Å². The molecule has 0 aliphatic carbocycles. The molecule has 1 aromatic heterocycles. The molecule has 1 fully saturated rings. The minimum absolute atomic E-state index is 0. The number of carbonyl (C=O) groups is 1. The van der Waals surface area contributed by atoms with Crippen LogP contribution in [0.5, 0.6) is 0 Å². The molecule has 6 nitrogen and oxygen atoms in total. The number of carbonyl (C=O) groups excluding carboxylic acids is 1. The summed E-state index contributed by atoms with van der Waals surface area (Å²) in [4.78, 5) is 14.3. The van der Waals surface area contributed by atoms with Crippen LogP contribution in [-0.2, 0) is 0 Å². The van der Waals surface area contributed by atoms with Crippen LogP contribution in [0.3, 0.4) is 0 Å². The second kappa shape index (κ2) is 6.89. The van der Waals surface area contributed by atoms with Crippen molar-refractivity contribution in [1.29, 1.82) is 0 Å². The molecule has 2 N–H and O–H groups in total. The lowest BCUT2D eigenvalue weighted by molar-refractivity contribution is 0.0735. The Morgan fingerprint density at radius 3 is 3.00 bits per heavy atom. The molecule has 2 aromatic rings. The first-order valence-electron chi connectivity index (χ1n) is 7.19. The number of halogens is 1. The minimum atomic E-state index is -0.0816. The van der Waals surface area contributed by atoms with E-state index in [1.165, 1.54) is 0 Å². The summed E-state index contributed by atoms with van der Waals surface area (Å²) in [6.45, 7) is 3.26. The van der Waals surface area contributed by atoms with Crippen molar-refractivity contribution in [2.75, 3.05) is 13.1 Å². The zero-order valence-electron chi connectivity index (χ0n) is 12.5. The molecule has 3 rings (SSSR count). The van der Waals surface area contributed by atoms with E-state index in [-0.39, 0.29) is 24.4 Å². The molecule has 1 aliphatic heterocycles. The van der Waals surface area contributed by atoms with Gasteiger partial charge in [-0.25, -0.2) is 4.68 Å². The van der Waals surface area contributed by atoms with E-state index in [9.17, 15) is 4.79 Å². The lowest BCUT2D eigenvalue weighted by Gasteiger charge is -2.22. The van der Waals surface area contributed by atoms with Gasteiger partial charge < -0.3 is 10.6 Å². The topological polar surface area (TPSA) is 77.0 Å². The summed E-state index contributed by atoms with van der Waals surface area (Å²) >= 11 is 0. The van der Waals surface area contributed by atoms with Gasteiger partial charge in [-0.3, -0.25) is 4.79 Å². The van der Waals surface area contributed by atoms with Gasteiger partial charge in [-0.1, -0.05) is 17.3 Å². The fourth-order valence-electron chi connectivity index (χ4n) is 2.75. The highest BCUT2D eigenvalue weighted by molar-refractivity contribution is 5.92. The molecule has 1 unspecified atom stereocenters. The van der Waals surface area contributed by atoms with Crippen LogP contribution in [0.15, 0.2) is 30.5 Å². The summed E-state index contributed by atoms with van der Waals surface area (Å²) in [7, 11) is 0. The summed E-state index contributed by atoms with van der Waals surface area (Å²) in [5.74, 6) is -0.0816. The summed E-state index contributed by atoms with van der Waals surface area (Å²) in [5, 5.41) is 8.08. The van der Waals surface area contributed by atoms with Crippen LogP contribution in [0.4, 0.5) is 0 Å². The third kappa shape index (κ3) is 3.13. The molecular formula is C15H20ClN5O. The molecule has 22 heavy (non-hydrogen) atoms. The largest absolute Gasteiger partial charge is 0.333 e. The Bertz CT molecular complexity index is 657. The van der Waals surface area contributed by atoms with Crippen molar-refractivity contribution in [3.05, 3.63) is 41.7 Å². The first kappa shape index (κ1) is 16.5. The number of aryl methyl sites for hydroxylation is 1. The zero-order valence-corrected chi connectivity index (χ0v) is 13.3. The maximum Gasteiger partial charge on any atom is 0.276 e. The molecule has 1 amide bonds. The van der Waals surface area contributed by atoms with Gasteiger partial charge in [0.15, 0.2) is 5.69 Å². The molecule has 1 saturated heterocycles. The molecule has 1 atom stereocenters. The van der Waals surface area contributed by atoms with Crippen LogP contribution in [0.2, 0.25) is 0 Å². The fraction of sp³-hybridized carbons (Fsp3) is 0.400. The summed E-state index contributed by atoms with van der Waals surface area (Å²) in [6.07, 6.45) is 3.65. The lowest BCUT2D eigenvalue weighted by Crippen LogP contribution is -2.40. The Kier molecular flexibility index (Phi) is 5.15. The average molecular weight is 322 g/mol. The van der Waals surface area contributed by atoms with E-state index < -0.39 is 0 Å². The van der Waals surface area contributed by atoms with E-state index in [1.54, 1.807) is 10.9 Å². The van der Waals surface area contributed by atoms with Crippen molar-refractivity contribution >= 4 is 18.3 Å². The van der Waals surface area contributed by atoms with E-state index >= 15 is 0 Å². The monoisotopic (exact) mass is 321 g/mol. The van der Waals surface area contributed by atoms with Gasteiger partial charge in [0.1, 0.15) is 0 Å². The molecule has 0 radical (unpaired) electrons. The Morgan fingerprint density at radius 1 is 1.45 bits per heavy atom. The van der Waals surface area contributed by atoms with Gasteiger partial charge in [-0.15, -0.1) is 17.5 Å². The minimum Gasteiger partial charge on any atom is -0.333 e. The van der Waals surface area contributed by atoms with Crippen LogP contribution in [0.1, 0.15) is 28.9 Å². The quantitative estimate of drug-likeness (QED) is 0.930. The summed E-state index contributed by atoms with van der Waals surface area (Å²) < 4.78 is 1.63. The van der Waals surface area contributed by atoms with Gasteiger partial charge >= 0.3 is 0 Å². The van der Waals surface area contributed by atoms with E-state index in [4.69, 9.17) is 5.73 Å². The molecule has 118 valence electrons. The van der Waals surface area contributed by atoms with Crippen LogP contribution >= 0.6 is 12.4 Å². The highest BCUT2D eigenvalue weighted by Crippen LogP contribution is 2.19. The van der Waals surface area contributed by atoms with E-state index in [0.29, 0.717) is 12.2 Å². The lowest BCUT2D eigenvalue weighted by atomic mass is 10.2. The number of benzene rings is 1. The van der Waals surface area contributed by atoms with Crippen molar-refractivity contribution in [3.8, 4) is 5.69 Å². The normalized spacial score (nSPS) is 17.4. The Balaban J connectivity index is 0.00000176. The summed E-state index contributed by atoms with van der Waals surface area (Å²) in [6, 6.07) is 8.04. The number of aromatic nitrogens is 3. The van der Waals surface area contributed by atoms with Crippen molar-refractivity contribution in [1.82, 2.24) is 19.9 Å². The van der Waals surface area contributed by atoms with E-state index in [0.717, 1.165) is 30.6 Å². The van der Waals surface area contributed by atoms with Gasteiger partial charge in [0, 0.05) is 19.1 Å². The molecule has 0 spiro atoms. The number of hydrogen-bond donors (Lipinski definition) is 1. The van der Waals surface area contributed by atoms with Crippen LogP contribution in [-0.4, -0.2) is 44.9 Å². The van der Waals surface area contributed by atoms with Gasteiger partial charge in [-0.05, 0) is 37.5 Å². The Morgan fingerprint density at radius 2 is 2.27 bits per heavy atom. The van der Waals surface area contributed by atoms with Crippen LogP contribution < -0.4 is 5.73 Å². The van der Waals surface area contributed by atoms with Gasteiger partial charge in [0.2, 0.25) is 0 Å². The van der Waals surface area contributed by atoms with Crippen LogP contribution in [0.25, 0.3) is 5.69 Å². The maximum absolute atomic E-state index is 12.5. The van der Waals surface area contributed by atoms with Gasteiger partial charge in [-0.2, -0.15) is 0 Å². The number of nitrogens with two attached hydrogens (primary N) is 1. The number of rotatable bonds is 3. The molecule has 1 aliphatic rings. The van der Waals surface area contributed by atoms with E-state index in [2.05, 4.69) is 10.3 Å². The number of amides is 1. The third-order valence-corrected chi connectivity index (χ3v) is 3.89. The number of nitrogens with zero attached hydrogens (tertiary/aromatic N) is 4. The Hall–Kier alpha value is -1.92. The first-order valence-corrected chi connectivity index (χ1v) is 7.19. The van der Waals surface area contributed by atoms with E-state index in [1.807, 2.05) is 36.1 Å². The third-order valence-electron chi connectivity index (χ3n) is 3.89. The fourth-order valence-corrected chi connectivity index (χ4v) is 2.75. The molecule has 2 heterocycles. The van der Waals surface area contributed by atoms with Gasteiger partial charge in [0.05, 0.1) is 11.9 Å². The first-order chi connectivity index (χ1) is 10.2. The second-order valence-electron chi connectivity index (χ2n) is 5.42. The van der Waals surface area contributed by atoms with Crippen molar-refractivity contribution in [3.63, 3.8) is 0 Å². The second-order valence-corrected chi connectivity index (χ2v) is 5.42.